The number of hydrogen-bond acceptors (Lipinski definition) is 3. The monoisotopic (exact) mass is 349 g/mol. The fraction of sp³-hybridized carbons (Fsp3) is 0.350. The first kappa shape index (κ1) is 16.6. The quantitative estimate of drug-likeness (QED) is 0.768. The van der Waals surface area contributed by atoms with Crippen LogP contribution >= 0.6 is 0 Å². The van der Waals surface area contributed by atoms with Crippen molar-refractivity contribution >= 4 is 17.1 Å². The van der Waals surface area contributed by atoms with Crippen LogP contribution in [-0.2, 0) is 6.54 Å². The molecule has 0 saturated heterocycles. The van der Waals surface area contributed by atoms with E-state index in [0.717, 1.165) is 29.0 Å². The smallest absolute Gasteiger partial charge is 0.317 e. The molecule has 0 atom stereocenters. The number of imidazole rings is 1. The van der Waals surface area contributed by atoms with Crippen LogP contribution in [0.3, 0.4) is 0 Å². The Morgan fingerprint density at radius 2 is 2.08 bits per heavy atom. The van der Waals surface area contributed by atoms with Crippen LogP contribution in [0.2, 0.25) is 0 Å². The van der Waals surface area contributed by atoms with Crippen molar-refractivity contribution in [3.8, 4) is 5.82 Å². The fourth-order valence-corrected chi connectivity index (χ4v) is 3.26. The van der Waals surface area contributed by atoms with Crippen LogP contribution in [0.5, 0.6) is 0 Å². The highest BCUT2D eigenvalue weighted by Gasteiger charge is 2.21. The molecule has 0 radical (unpaired) electrons. The molecule has 1 aromatic carbocycles. The van der Waals surface area contributed by atoms with Crippen LogP contribution in [0.15, 0.2) is 48.9 Å². The Kier molecular flexibility index (Phi) is 4.56. The number of amides is 2. The first-order valence-electron chi connectivity index (χ1n) is 9.07. The maximum atomic E-state index is 12.2. The van der Waals surface area contributed by atoms with E-state index in [1.165, 1.54) is 19.3 Å². The number of hydrogen-bond donors (Lipinski definition) is 1. The molecule has 1 N–H and O–H groups in total. The van der Waals surface area contributed by atoms with Gasteiger partial charge in [-0.05, 0) is 42.5 Å². The third-order valence-electron chi connectivity index (χ3n) is 5.06. The van der Waals surface area contributed by atoms with Crippen molar-refractivity contribution in [3.63, 3.8) is 0 Å². The molecule has 134 valence electrons. The number of urea groups is 1. The highest BCUT2D eigenvalue weighted by molar-refractivity contribution is 5.76. The third-order valence-corrected chi connectivity index (χ3v) is 5.06. The second kappa shape index (κ2) is 7.15. The number of carbonyl (C=O) groups excluding carboxylic acids is 1. The fourth-order valence-electron chi connectivity index (χ4n) is 3.26. The van der Waals surface area contributed by atoms with E-state index in [4.69, 9.17) is 0 Å². The molecule has 1 aliphatic rings. The van der Waals surface area contributed by atoms with Gasteiger partial charge in [0, 0.05) is 26.3 Å². The van der Waals surface area contributed by atoms with Crippen LogP contribution in [0.25, 0.3) is 16.9 Å². The molecule has 0 unspecified atom stereocenters. The van der Waals surface area contributed by atoms with E-state index in [9.17, 15) is 4.79 Å². The lowest BCUT2D eigenvalue weighted by molar-refractivity contribution is 0.182. The van der Waals surface area contributed by atoms with Gasteiger partial charge in [-0.25, -0.2) is 14.8 Å². The van der Waals surface area contributed by atoms with Crippen molar-refractivity contribution in [2.75, 3.05) is 13.6 Å². The van der Waals surface area contributed by atoms with E-state index in [1.807, 2.05) is 48.0 Å². The lowest BCUT2D eigenvalue weighted by Gasteiger charge is -2.30. The molecule has 2 amide bonds. The van der Waals surface area contributed by atoms with Gasteiger partial charge in [-0.3, -0.25) is 4.57 Å². The van der Waals surface area contributed by atoms with Gasteiger partial charge in [-0.1, -0.05) is 24.6 Å². The van der Waals surface area contributed by atoms with Gasteiger partial charge in [-0.2, -0.15) is 0 Å². The highest BCUT2D eigenvalue weighted by atomic mass is 16.2. The molecule has 6 nitrogen and oxygen atoms in total. The number of aromatic nitrogens is 3. The average Bonchev–Trinajstić information content (AvgIpc) is 3.07. The van der Waals surface area contributed by atoms with E-state index in [0.29, 0.717) is 12.5 Å². The summed E-state index contributed by atoms with van der Waals surface area (Å²) in [5.74, 6) is 1.49. The summed E-state index contributed by atoms with van der Waals surface area (Å²) in [7, 11) is 1.86. The predicted molar refractivity (Wildman–Crippen MR) is 101 cm³/mol. The molecule has 4 rings (SSSR count). The van der Waals surface area contributed by atoms with Gasteiger partial charge < -0.3 is 10.2 Å². The second-order valence-electron chi connectivity index (χ2n) is 6.96. The number of carbonyl (C=O) groups is 1. The number of benzene rings is 1. The van der Waals surface area contributed by atoms with Crippen LogP contribution < -0.4 is 5.32 Å². The van der Waals surface area contributed by atoms with Gasteiger partial charge in [0.15, 0.2) is 0 Å². The first-order valence-corrected chi connectivity index (χ1v) is 9.07. The maximum Gasteiger partial charge on any atom is 0.317 e. The van der Waals surface area contributed by atoms with E-state index >= 15 is 0 Å². The number of nitrogens with one attached hydrogen (secondary N) is 1. The van der Waals surface area contributed by atoms with Crippen molar-refractivity contribution in [1.82, 2.24) is 24.8 Å². The molecule has 0 spiro atoms. The summed E-state index contributed by atoms with van der Waals surface area (Å²) >= 11 is 0. The van der Waals surface area contributed by atoms with Crippen molar-refractivity contribution in [1.29, 1.82) is 0 Å². The number of fused-ring (bicyclic) bond motifs is 1. The number of nitrogens with zero attached hydrogens (tertiary/aromatic N) is 4. The summed E-state index contributed by atoms with van der Waals surface area (Å²) in [6, 6.07) is 11.9. The first-order chi connectivity index (χ1) is 12.7. The third kappa shape index (κ3) is 3.40. The Hall–Kier alpha value is -2.89. The molecular formula is C20H23N5O. The Bertz CT molecular complexity index is 898. The highest BCUT2D eigenvalue weighted by Crippen LogP contribution is 2.26. The lowest BCUT2D eigenvalue weighted by atomic mass is 9.85. The molecule has 1 aliphatic carbocycles. The normalized spacial score (nSPS) is 14.2. The summed E-state index contributed by atoms with van der Waals surface area (Å²) in [5.41, 5.74) is 2.95. The molecule has 2 heterocycles. The second-order valence-corrected chi connectivity index (χ2v) is 6.96. The molecular weight excluding hydrogens is 326 g/mol. The Balaban J connectivity index is 1.37. The molecule has 3 aromatic rings. The summed E-state index contributed by atoms with van der Waals surface area (Å²) in [6.07, 6.45) is 7.36. The molecule has 0 aliphatic heterocycles. The Morgan fingerprint density at radius 1 is 1.23 bits per heavy atom. The van der Waals surface area contributed by atoms with Crippen molar-refractivity contribution in [2.24, 2.45) is 5.92 Å². The van der Waals surface area contributed by atoms with Gasteiger partial charge in [0.2, 0.25) is 0 Å². The largest absolute Gasteiger partial charge is 0.334 e. The Morgan fingerprint density at radius 3 is 2.81 bits per heavy atom. The zero-order valence-electron chi connectivity index (χ0n) is 14.9. The minimum atomic E-state index is -0.0263. The molecule has 26 heavy (non-hydrogen) atoms. The summed E-state index contributed by atoms with van der Waals surface area (Å²) in [4.78, 5) is 22.9. The maximum absolute atomic E-state index is 12.2. The standard InChI is InChI=1S/C20H23N5O/c1-24(13-15-5-4-6-15)20(26)22-12-16-9-10-19(21-11-16)25-14-23-17-7-2-3-8-18(17)25/h2-3,7-11,14-15H,4-6,12-13H2,1H3,(H,22,26). The van der Waals surface area contributed by atoms with E-state index in [1.54, 1.807) is 17.4 Å². The lowest BCUT2D eigenvalue weighted by Crippen LogP contribution is -2.40. The summed E-state index contributed by atoms with van der Waals surface area (Å²) < 4.78 is 1.96. The van der Waals surface area contributed by atoms with Crippen LogP contribution in [0.1, 0.15) is 24.8 Å². The van der Waals surface area contributed by atoms with Gasteiger partial charge >= 0.3 is 6.03 Å². The van der Waals surface area contributed by atoms with E-state index < -0.39 is 0 Å². The van der Waals surface area contributed by atoms with Gasteiger partial charge in [-0.15, -0.1) is 0 Å². The van der Waals surface area contributed by atoms with Crippen molar-refractivity contribution in [3.05, 3.63) is 54.5 Å². The van der Waals surface area contributed by atoms with Crippen LogP contribution in [0.4, 0.5) is 4.79 Å². The molecule has 1 fully saturated rings. The molecule has 0 bridgehead atoms. The van der Waals surface area contributed by atoms with Gasteiger partial charge in [0.1, 0.15) is 12.1 Å². The van der Waals surface area contributed by atoms with Crippen molar-refractivity contribution < 1.29 is 4.79 Å². The molecule has 1 saturated carbocycles. The zero-order chi connectivity index (χ0) is 17.9. The molecule has 2 aromatic heterocycles. The van der Waals surface area contributed by atoms with Crippen LogP contribution in [-0.4, -0.2) is 39.1 Å². The van der Waals surface area contributed by atoms with Crippen molar-refractivity contribution in [2.45, 2.75) is 25.8 Å². The minimum Gasteiger partial charge on any atom is -0.334 e. The van der Waals surface area contributed by atoms with Crippen LogP contribution in [0, 0.1) is 5.92 Å². The summed E-state index contributed by atoms with van der Waals surface area (Å²) in [5, 5.41) is 2.96. The Labute approximate surface area is 152 Å². The van der Waals surface area contributed by atoms with Gasteiger partial charge in [0.05, 0.1) is 11.0 Å². The van der Waals surface area contributed by atoms with E-state index in [-0.39, 0.29) is 6.03 Å². The predicted octanol–water partition coefficient (Wildman–Crippen LogP) is 3.36. The van der Waals surface area contributed by atoms with Gasteiger partial charge in [0.25, 0.3) is 0 Å². The average molecular weight is 349 g/mol. The summed E-state index contributed by atoms with van der Waals surface area (Å²) in [6.45, 7) is 1.32. The number of pyridine rings is 1. The number of para-hydroxylation sites is 2. The SMILES string of the molecule is CN(CC1CCC1)C(=O)NCc1ccc(-n2cnc3ccccc32)nc1. The minimum absolute atomic E-state index is 0.0263. The zero-order valence-corrected chi connectivity index (χ0v) is 14.9. The topological polar surface area (TPSA) is 63.1 Å². The van der Waals surface area contributed by atoms with E-state index in [2.05, 4.69) is 15.3 Å². The number of rotatable bonds is 5. The molecule has 6 heteroatoms.